The topological polar surface area (TPSA) is 77.4 Å². The minimum Gasteiger partial charge on any atom is -0.545 e. The zero-order valence-electron chi connectivity index (χ0n) is 11.7. The third kappa shape index (κ3) is 3.20. The van der Waals surface area contributed by atoms with Crippen LogP contribution in [0.1, 0.15) is 34.1 Å². The van der Waals surface area contributed by atoms with E-state index in [2.05, 4.69) is 0 Å². The Morgan fingerprint density at radius 3 is 2.53 bits per heavy atom. The Morgan fingerprint density at radius 1 is 1.47 bits per heavy atom. The number of aliphatic carboxylic acids is 1. The molecule has 0 aromatic heterocycles. The molecule has 0 aliphatic heterocycles. The second kappa shape index (κ2) is 5.13. The number of rotatable bonds is 3. The maximum atomic E-state index is 11.6. The van der Waals surface area contributed by atoms with Crippen molar-refractivity contribution in [3.05, 3.63) is 35.5 Å². The number of hydrogen-bond acceptors (Lipinski definition) is 4. The predicted molar refractivity (Wildman–Crippen MR) is 70.0 cm³/mol. The van der Waals surface area contributed by atoms with Crippen LogP contribution >= 0.6 is 0 Å². The third-order valence-electron chi connectivity index (χ3n) is 3.56. The molecule has 0 spiro atoms. The van der Waals surface area contributed by atoms with Crippen molar-refractivity contribution in [2.24, 2.45) is 5.41 Å². The van der Waals surface area contributed by atoms with Crippen LogP contribution in [0.15, 0.2) is 35.5 Å². The second-order valence-electron chi connectivity index (χ2n) is 5.66. The van der Waals surface area contributed by atoms with Gasteiger partial charge in [-0.05, 0) is 43.2 Å². The van der Waals surface area contributed by atoms with Gasteiger partial charge in [-0.15, -0.1) is 0 Å². The van der Waals surface area contributed by atoms with E-state index in [-0.39, 0.29) is 12.2 Å². The molecule has 1 N–H and O–H groups in total. The van der Waals surface area contributed by atoms with Crippen molar-refractivity contribution in [1.29, 1.82) is 0 Å². The van der Waals surface area contributed by atoms with E-state index < -0.39 is 17.0 Å². The summed E-state index contributed by atoms with van der Waals surface area (Å²) in [5.41, 5.74) is -0.872. The molecule has 0 radical (unpaired) electrons. The lowest BCUT2D eigenvalue weighted by Crippen LogP contribution is -2.48. The van der Waals surface area contributed by atoms with Gasteiger partial charge in [0.2, 0.25) is 0 Å². The monoisotopic (exact) mass is 263 g/mol. The van der Waals surface area contributed by atoms with Crippen LogP contribution in [0.25, 0.3) is 0 Å². The van der Waals surface area contributed by atoms with E-state index >= 15 is 0 Å². The van der Waals surface area contributed by atoms with Gasteiger partial charge in [0.15, 0.2) is 5.78 Å². The minimum atomic E-state index is -1.28. The van der Waals surface area contributed by atoms with E-state index in [1.54, 1.807) is 19.9 Å². The summed E-state index contributed by atoms with van der Waals surface area (Å²) < 4.78 is 0. The summed E-state index contributed by atoms with van der Waals surface area (Å²) in [5, 5.41) is 21.2. The molecule has 4 nitrogen and oxygen atoms in total. The smallest absolute Gasteiger partial charge is 0.156 e. The molecule has 0 bridgehead atoms. The van der Waals surface area contributed by atoms with E-state index in [1.807, 2.05) is 13.8 Å². The Balaban J connectivity index is 3.15. The summed E-state index contributed by atoms with van der Waals surface area (Å²) in [6.07, 6.45) is 5.71. The van der Waals surface area contributed by atoms with Crippen molar-refractivity contribution in [3.63, 3.8) is 0 Å². The van der Waals surface area contributed by atoms with Gasteiger partial charge in [-0.3, -0.25) is 4.79 Å². The molecule has 0 aromatic carbocycles. The minimum absolute atomic E-state index is 0.0115. The van der Waals surface area contributed by atoms with Crippen LogP contribution in [0.5, 0.6) is 0 Å². The molecular formula is C15H19O4-. The van der Waals surface area contributed by atoms with E-state index in [4.69, 9.17) is 0 Å². The van der Waals surface area contributed by atoms with Crippen molar-refractivity contribution in [2.75, 3.05) is 0 Å². The maximum absolute atomic E-state index is 11.6. The number of hydrogen-bond donors (Lipinski definition) is 1. The number of aliphatic hydroxyl groups is 1. The maximum Gasteiger partial charge on any atom is 0.156 e. The highest BCUT2D eigenvalue weighted by Crippen LogP contribution is 2.44. The van der Waals surface area contributed by atoms with Gasteiger partial charge in [0.1, 0.15) is 5.60 Å². The van der Waals surface area contributed by atoms with Crippen LogP contribution in [0.4, 0.5) is 0 Å². The molecule has 0 heterocycles. The summed E-state index contributed by atoms with van der Waals surface area (Å²) >= 11 is 0. The first-order valence-corrected chi connectivity index (χ1v) is 6.11. The molecule has 0 unspecified atom stereocenters. The second-order valence-corrected chi connectivity index (χ2v) is 5.66. The summed E-state index contributed by atoms with van der Waals surface area (Å²) in [4.78, 5) is 22.0. The number of allylic oxidation sites excluding steroid dienone is 3. The molecule has 0 amide bonds. The average Bonchev–Trinajstić information content (AvgIpc) is 2.21. The molecule has 104 valence electrons. The summed E-state index contributed by atoms with van der Waals surface area (Å²) in [7, 11) is 0. The highest BCUT2D eigenvalue weighted by Gasteiger charge is 2.46. The van der Waals surface area contributed by atoms with Gasteiger partial charge in [-0.2, -0.15) is 0 Å². The van der Waals surface area contributed by atoms with E-state index in [9.17, 15) is 19.8 Å². The molecule has 0 saturated heterocycles. The van der Waals surface area contributed by atoms with Crippen LogP contribution in [0.3, 0.4) is 0 Å². The standard InChI is InChI=1S/C15H20O4/c1-10(7-13(17)18)5-6-15(19)11(2)8-12(16)9-14(15,3)4/h5-8,19H,9H2,1-4H3,(H,17,18)/p-1/b6-5+,10-7-/t15-/m1/s1. The molecule has 0 aromatic rings. The number of carboxylic acid groups (broad SMARTS) is 1. The largest absolute Gasteiger partial charge is 0.545 e. The first-order chi connectivity index (χ1) is 8.58. The van der Waals surface area contributed by atoms with E-state index in [1.165, 1.54) is 12.2 Å². The summed E-state index contributed by atoms with van der Waals surface area (Å²) in [5.74, 6) is -1.29. The highest BCUT2D eigenvalue weighted by atomic mass is 16.4. The third-order valence-corrected chi connectivity index (χ3v) is 3.56. The molecule has 0 fully saturated rings. The van der Waals surface area contributed by atoms with Crippen LogP contribution in [0, 0.1) is 5.41 Å². The van der Waals surface area contributed by atoms with Crippen LogP contribution in [-0.4, -0.2) is 22.5 Å². The fourth-order valence-corrected chi connectivity index (χ4v) is 2.35. The molecule has 1 aliphatic carbocycles. The first-order valence-electron chi connectivity index (χ1n) is 6.11. The van der Waals surface area contributed by atoms with Gasteiger partial charge in [0.25, 0.3) is 0 Å². The van der Waals surface area contributed by atoms with Gasteiger partial charge < -0.3 is 15.0 Å². The van der Waals surface area contributed by atoms with Crippen molar-refractivity contribution < 1.29 is 19.8 Å². The van der Waals surface area contributed by atoms with Crippen molar-refractivity contribution in [1.82, 2.24) is 0 Å². The number of carbonyl (C=O) groups is 2. The normalized spacial score (nSPS) is 27.5. The zero-order valence-corrected chi connectivity index (χ0v) is 11.7. The fourth-order valence-electron chi connectivity index (χ4n) is 2.35. The fraction of sp³-hybridized carbons (Fsp3) is 0.467. The van der Waals surface area contributed by atoms with Gasteiger partial charge in [0.05, 0.1) is 5.97 Å². The van der Waals surface area contributed by atoms with Crippen LogP contribution < -0.4 is 5.11 Å². The average molecular weight is 263 g/mol. The SMILES string of the molecule is CC1=CC(=O)CC(C)(C)[C@@]1(O)/C=C/C(C)=C\C(=O)[O-]. The zero-order chi connectivity index (χ0) is 14.8. The first kappa shape index (κ1) is 15.4. The Morgan fingerprint density at radius 2 is 2.05 bits per heavy atom. The van der Waals surface area contributed by atoms with Gasteiger partial charge in [-0.1, -0.05) is 19.9 Å². The van der Waals surface area contributed by atoms with Crippen LogP contribution in [-0.2, 0) is 9.59 Å². The molecular weight excluding hydrogens is 244 g/mol. The van der Waals surface area contributed by atoms with Crippen molar-refractivity contribution >= 4 is 11.8 Å². The lowest BCUT2D eigenvalue weighted by molar-refractivity contribution is -0.297. The lowest BCUT2D eigenvalue weighted by Gasteiger charge is -2.44. The molecule has 1 atom stereocenters. The molecule has 1 rings (SSSR count). The molecule has 4 heteroatoms. The van der Waals surface area contributed by atoms with E-state index in [0.717, 1.165) is 6.08 Å². The summed E-state index contributed by atoms with van der Waals surface area (Å²) in [6, 6.07) is 0. The van der Waals surface area contributed by atoms with Gasteiger partial charge in [0, 0.05) is 11.8 Å². The van der Waals surface area contributed by atoms with Gasteiger partial charge in [-0.25, -0.2) is 0 Å². The Kier molecular flexibility index (Phi) is 4.15. The van der Waals surface area contributed by atoms with Crippen molar-refractivity contribution in [3.8, 4) is 0 Å². The number of ketones is 1. The number of carboxylic acids is 1. The Labute approximate surface area is 113 Å². The highest BCUT2D eigenvalue weighted by molar-refractivity contribution is 5.92. The quantitative estimate of drug-likeness (QED) is 0.606. The molecule has 0 saturated carbocycles. The Hall–Kier alpha value is -1.68. The molecule has 1 aliphatic rings. The summed E-state index contributed by atoms with van der Waals surface area (Å²) in [6.45, 7) is 6.92. The lowest BCUT2D eigenvalue weighted by atomic mass is 9.64. The van der Waals surface area contributed by atoms with E-state index in [0.29, 0.717) is 11.1 Å². The predicted octanol–water partition coefficient (Wildman–Crippen LogP) is 0.915. The van der Waals surface area contributed by atoms with Gasteiger partial charge >= 0.3 is 0 Å². The number of carbonyl (C=O) groups excluding carboxylic acids is 2. The molecule has 19 heavy (non-hydrogen) atoms. The van der Waals surface area contributed by atoms with Crippen molar-refractivity contribution in [2.45, 2.75) is 39.7 Å². The Bertz CT molecular complexity index is 494. The van der Waals surface area contributed by atoms with Crippen LogP contribution in [0.2, 0.25) is 0 Å².